The minimum atomic E-state index is -1.19. The van der Waals surface area contributed by atoms with E-state index in [0.717, 1.165) is 24.0 Å². The summed E-state index contributed by atoms with van der Waals surface area (Å²) in [7, 11) is 1.54. The molecule has 7 amide bonds. The molecule has 3 aliphatic rings. The number of amides is 7. The van der Waals surface area contributed by atoms with Gasteiger partial charge in [-0.15, -0.1) is 0 Å². The summed E-state index contributed by atoms with van der Waals surface area (Å²) < 4.78 is 5.94. The van der Waals surface area contributed by atoms with Crippen LogP contribution in [0.1, 0.15) is 104 Å². The molecule has 4 rings (SSSR count). The van der Waals surface area contributed by atoms with Crippen molar-refractivity contribution < 1.29 is 43.1 Å². The number of nitrogens with one attached hydrogen (secondary N) is 5. The summed E-state index contributed by atoms with van der Waals surface area (Å²) in [5, 5.41) is 13.5. The van der Waals surface area contributed by atoms with Gasteiger partial charge in [-0.05, 0) is 61.5 Å². The molecule has 2 aliphatic heterocycles. The van der Waals surface area contributed by atoms with E-state index < -0.39 is 71.7 Å². The minimum absolute atomic E-state index is 0.0572. The van der Waals surface area contributed by atoms with Crippen LogP contribution in [0, 0.1) is 11.8 Å². The number of unbranched alkanes of at least 4 members (excludes halogenated alkanes) is 1. The second-order valence-corrected chi connectivity index (χ2v) is 16.0. The zero-order valence-corrected chi connectivity index (χ0v) is 34.2. The molecule has 2 fully saturated rings. The Kier molecular flexibility index (Phi) is 16.4. The van der Waals surface area contributed by atoms with Gasteiger partial charge in [-0.25, -0.2) is 4.79 Å². The molecule has 0 aromatic heterocycles. The number of rotatable bonds is 19. The molecular formula is C41H61N7O9. The SMILES string of the molecule is CCCC(NC(=O)C1CC(OC(=O)N2CCc3ccccc3C2)CN1C(=O)[C@@H](NC(=O)[C@@H](NC(=O)CCCCC(=O)NC)C(C)C)C(C)C)C(=O)C(=O)NC1CC1. The maximum atomic E-state index is 14.5. The highest BCUT2D eigenvalue weighted by Crippen LogP contribution is 2.26. The van der Waals surface area contributed by atoms with E-state index in [0.29, 0.717) is 38.8 Å². The summed E-state index contributed by atoms with van der Waals surface area (Å²) in [5.41, 5.74) is 2.16. The third kappa shape index (κ3) is 12.7. The molecule has 0 radical (unpaired) electrons. The second-order valence-electron chi connectivity index (χ2n) is 16.0. The van der Waals surface area contributed by atoms with Crippen molar-refractivity contribution in [2.45, 2.75) is 142 Å². The molecule has 1 aromatic rings. The molecule has 1 saturated heterocycles. The Morgan fingerprint density at radius 1 is 0.842 bits per heavy atom. The maximum absolute atomic E-state index is 14.5. The Morgan fingerprint density at radius 2 is 1.49 bits per heavy atom. The monoisotopic (exact) mass is 795 g/mol. The van der Waals surface area contributed by atoms with Crippen LogP contribution in [0.5, 0.6) is 0 Å². The van der Waals surface area contributed by atoms with Crippen molar-refractivity contribution in [3.8, 4) is 0 Å². The molecule has 5 N–H and O–H groups in total. The van der Waals surface area contributed by atoms with Gasteiger partial charge in [-0.2, -0.15) is 0 Å². The van der Waals surface area contributed by atoms with Gasteiger partial charge < -0.3 is 41.1 Å². The third-order valence-electron chi connectivity index (χ3n) is 10.7. The first-order chi connectivity index (χ1) is 27.1. The summed E-state index contributed by atoms with van der Waals surface area (Å²) >= 11 is 0. The fourth-order valence-electron chi connectivity index (χ4n) is 7.12. The normalized spacial score (nSPS) is 19.2. The van der Waals surface area contributed by atoms with Crippen LogP contribution in [0.25, 0.3) is 0 Å². The first-order valence-electron chi connectivity index (χ1n) is 20.4. The standard InChI is InChI=1S/C41H61N7O9/c1-7-12-30(36(51)39(54)43-28-17-18-28)44-37(52)31-21-29(57-41(56)47-20-19-26-13-8-9-14-27(26)22-47)23-48(31)40(55)35(25(4)5)46-38(53)34(24(2)3)45-33(50)16-11-10-15-32(49)42-6/h8-9,13-14,24-25,28-31,34-35H,7,10-12,15-23H2,1-6H3,(H,42,49)(H,43,54)(H,44,52)(H,45,50)(H,46,53)/t29?,30?,31?,34-,35-/m0/s1. The van der Waals surface area contributed by atoms with Gasteiger partial charge in [-0.3, -0.25) is 33.6 Å². The number of benzene rings is 1. The number of fused-ring (bicyclic) bond motifs is 1. The third-order valence-corrected chi connectivity index (χ3v) is 10.7. The van der Waals surface area contributed by atoms with Crippen molar-refractivity contribution in [2.24, 2.45) is 11.8 Å². The molecule has 0 spiro atoms. The van der Waals surface area contributed by atoms with E-state index in [-0.39, 0.29) is 56.0 Å². The summed E-state index contributed by atoms with van der Waals surface area (Å²) in [6.07, 6.45) is 2.70. The number of likely N-dealkylation sites (tertiary alicyclic amines) is 1. The van der Waals surface area contributed by atoms with Crippen LogP contribution in [0.15, 0.2) is 24.3 Å². The van der Waals surface area contributed by atoms with Crippen LogP contribution in [0.3, 0.4) is 0 Å². The van der Waals surface area contributed by atoms with Gasteiger partial charge in [-0.1, -0.05) is 65.3 Å². The Bertz CT molecular complexity index is 1650. The maximum Gasteiger partial charge on any atom is 0.410 e. The Morgan fingerprint density at radius 3 is 2.11 bits per heavy atom. The zero-order chi connectivity index (χ0) is 41.8. The number of carbonyl (C=O) groups is 8. The summed E-state index contributed by atoms with van der Waals surface area (Å²) in [6.45, 7) is 9.46. The average Bonchev–Trinajstić information content (AvgIpc) is 3.90. The van der Waals surface area contributed by atoms with E-state index in [9.17, 15) is 38.4 Å². The van der Waals surface area contributed by atoms with Gasteiger partial charge in [0.15, 0.2) is 0 Å². The van der Waals surface area contributed by atoms with Crippen LogP contribution < -0.4 is 26.6 Å². The van der Waals surface area contributed by atoms with Crippen LogP contribution in [-0.4, -0.2) is 114 Å². The lowest BCUT2D eigenvalue weighted by Crippen LogP contribution is -2.59. The zero-order valence-electron chi connectivity index (χ0n) is 34.2. The van der Waals surface area contributed by atoms with E-state index in [1.807, 2.05) is 31.2 Å². The van der Waals surface area contributed by atoms with E-state index in [1.165, 1.54) is 4.90 Å². The summed E-state index contributed by atoms with van der Waals surface area (Å²) in [5.74, 6) is -4.72. The molecule has 1 aromatic carbocycles. The quantitative estimate of drug-likeness (QED) is 0.102. The fraction of sp³-hybridized carbons (Fsp3) is 0.659. The highest BCUT2D eigenvalue weighted by Gasteiger charge is 2.46. The predicted molar refractivity (Wildman–Crippen MR) is 210 cm³/mol. The lowest BCUT2D eigenvalue weighted by atomic mass is 9.98. The first-order valence-corrected chi connectivity index (χ1v) is 20.4. The number of Topliss-reactive ketones (excluding diaryl/α,β-unsaturated/α-hetero) is 1. The van der Waals surface area contributed by atoms with Gasteiger partial charge in [0, 0.05) is 45.4 Å². The van der Waals surface area contributed by atoms with Crippen molar-refractivity contribution in [1.29, 1.82) is 0 Å². The Balaban J connectivity index is 1.50. The number of hydrogen-bond donors (Lipinski definition) is 5. The molecular weight excluding hydrogens is 734 g/mol. The highest BCUT2D eigenvalue weighted by molar-refractivity contribution is 6.38. The van der Waals surface area contributed by atoms with Gasteiger partial charge in [0.2, 0.25) is 35.3 Å². The first kappa shape index (κ1) is 44.7. The number of ether oxygens (including phenoxy) is 1. The Hall–Kier alpha value is -5.02. The highest BCUT2D eigenvalue weighted by atomic mass is 16.6. The average molecular weight is 796 g/mol. The molecule has 57 heavy (non-hydrogen) atoms. The number of nitrogens with zero attached hydrogens (tertiary/aromatic N) is 2. The number of ketones is 1. The van der Waals surface area contributed by atoms with E-state index in [4.69, 9.17) is 4.74 Å². The minimum Gasteiger partial charge on any atom is -0.444 e. The lowest BCUT2D eigenvalue weighted by Gasteiger charge is -2.32. The molecule has 16 heteroatoms. The van der Waals surface area contributed by atoms with Gasteiger partial charge in [0.25, 0.3) is 5.91 Å². The number of hydrogen-bond acceptors (Lipinski definition) is 9. The van der Waals surface area contributed by atoms with Gasteiger partial charge >= 0.3 is 6.09 Å². The topological polar surface area (TPSA) is 212 Å². The molecule has 1 saturated carbocycles. The van der Waals surface area contributed by atoms with Crippen molar-refractivity contribution >= 4 is 47.3 Å². The molecule has 314 valence electrons. The number of carbonyl (C=O) groups excluding carboxylic acids is 8. The summed E-state index contributed by atoms with van der Waals surface area (Å²) in [4.78, 5) is 109. The molecule has 5 atom stereocenters. The smallest absolute Gasteiger partial charge is 0.410 e. The Labute approximate surface area is 335 Å². The molecule has 16 nitrogen and oxygen atoms in total. The van der Waals surface area contributed by atoms with Crippen molar-refractivity contribution in [1.82, 2.24) is 36.4 Å². The molecule has 0 bridgehead atoms. The van der Waals surface area contributed by atoms with Crippen LogP contribution in [0.4, 0.5) is 4.79 Å². The van der Waals surface area contributed by atoms with Crippen LogP contribution >= 0.6 is 0 Å². The van der Waals surface area contributed by atoms with Gasteiger partial charge in [0.05, 0.1) is 12.6 Å². The second kappa shape index (κ2) is 20.9. The predicted octanol–water partition coefficient (Wildman–Crippen LogP) is 1.87. The fourth-order valence-corrected chi connectivity index (χ4v) is 7.12. The van der Waals surface area contributed by atoms with Crippen molar-refractivity contribution in [2.75, 3.05) is 20.1 Å². The van der Waals surface area contributed by atoms with Crippen LogP contribution in [-0.2, 0) is 51.3 Å². The molecule has 2 heterocycles. The van der Waals surface area contributed by atoms with E-state index in [1.54, 1.807) is 39.6 Å². The van der Waals surface area contributed by atoms with Gasteiger partial charge in [0.1, 0.15) is 24.2 Å². The van der Waals surface area contributed by atoms with E-state index >= 15 is 0 Å². The summed E-state index contributed by atoms with van der Waals surface area (Å²) in [6, 6.07) is 3.34. The lowest BCUT2D eigenvalue weighted by molar-refractivity contribution is -0.144. The van der Waals surface area contributed by atoms with Crippen molar-refractivity contribution in [3.63, 3.8) is 0 Å². The molecule has 1 aliphatic carbocycles. The largest absolute Gasteiger partial charge is 0.444 e. The van der Waals surface area contributed by atoms with E-state index in [2.05, 4.69) is 26.6 Å². The van der Waals surface area contributed by atoms with Crippen LogP contribution in [0.2, 0.25) is 0 Å². The molecule has 3 unspecified atom stereocenters. The van der Waals surface area contributed by atoms with Crippen molar-refractivity contribution in [3.05, 3.63) is 35.4 Å².